The van der Waals surface area contributed by atoms with Crippen molar-refractivity contribution in [3.63, 3.8) is 0 Å². The molecule has 7 nitrogen and oxygen atoms in total. The highest BCUT2D eigenvalue weighted by atomic mass is 32.2. The van der Waals surface area contributed by atoms with Gasteiger partial charge in [0.15, 0.2) is 0 Å². The van der Waals surface area contributed by atoms with Gasteiger partial charge in [-0.15, -0.1) is 0 Å². The van der Waals surface area contributed by atoms with E-state index in [0.29, 0.717) is 6.54 Å². The van der Waals surface area contributed by atoms with Gasteiger partial charge in [-0.1, -0.05) is 12.1 Å². The van der Waals surface area contributed by atoms with Gasteiger partial charge in [0.2, 0.25) is 10.0 Å². The number of imidazole rings is 1. The molecule has 0 saturated heterocycles. The van der Waals surface area contributed by atoms with Gasteiger partial charge in [-0.25, -0.2) is 23.5 Å². The number of sulfonamides is 1. The minimum atomic E-state index is -3.78. The van der Waals surface area contributed by atoms with E-state index in [4.69, 9.17) is 5.14 Å². The lowest BCUT2D eigenvalue weighted by atomic mass is 10.3. The Labute approximate surface area is 134 Å². The molecular formula is C15H17N5O2S. The number of nitrogens with two attached hydrogens (primary N) is 1. The summed E-state index contributed by atoms with van der Waals surface area (Å²) in [4.78, 5) is 8.38. The summed E-state index contributed by atoms with van der Waals surface area (Å²) >= 11 is 0. The molecule has 0 bridgehead atoms. The van der Waals surface area contributed by atoms with E-state index in [2.05, 4.69) is 19.9 Å². The van der Waals surface area contributed by atoms with Crippen LogP contribution in [0.4, 0.5) is 5.82 Å². The lowest BCUT2D eigenvalue weighted by molar-refractivity contribution is 0.597. The number of nitrogens with zero attached hydrogens (tertiary/aromatic N) is 3. The summed E-state index contributed by atoms with van der Waals surface area (Å²) < 4.78 is 25.1. The largest absolute Gasteiger partial charge is 0.369 e. The first-order chi connectivity index (χ1) is 11.1. The topological polar surface area (TPSA) is 103 Å². The van der Waals surface area contributed by atoms with E-state index in [1.807, 2.05) is 24.3 Å². The number of rotatable bonds is 6. The first-order valence-corrected chi connectivity index (χ1v) is 8.72. The van der Waals surface area contributed by atoms with Crippen molar-refractivity contribution in [1.29, 1.82) is 0 Å². The standard InChI is InChI=1S/C15H17N5O2S/c16-23(21,22)14-7-3-8-17-15(14)18-9-4-10-20-11-19-12-5-1-2-6-13(12)20/h1-3,5-8,11H,4,9-10H2,(H,17,18)(H2,16,21,22). The van der Waals surface area contributed by atoms with Crippen molar-refractivity contribution < 1.29 is 8.42 Å². The summed E-state index contributed by atoms with van der Waals surface area (Å²) in [6.45, 7) is 1.34. The second-order valence-electron chi connectivity index (χ2n) is 5.10. The molecule has 0 spiro atoms. The summed E-state index contributed by atoms with van der Waals surface area (Å²) in [5.74, 6) is 0.283. The predicted octanol–water partition coefficient (Wildman–Crippen LogP) is 1.58. The summed E-state index contributed by atoms with van der Waals surface area (Å²) in [6, 6.07) is 10.9. The molecule has 3 rings (SSSR count). The van der Waals surface area contributed by atoms with Crippen LogP contribution in [-0.4, -0.2) is 29.5 Å². The number of nitrogens with one attached hydrogen (secondary N) is 1. The average Bonchev–Trinajstić information content (AvgIpc) is 2.94. The molecule has 0 saturated carbocycles. The highest BCUT2D eigenvalue weighted by Crippen LogP contribution is 2.16. The van der Waals surface area contributed by atoms with Crippen LogP contribution < -0.4 is 10.5 Å². The number of aryl methyl sites for hydroxylation is 1. The molecule has 0 amide bonds. The zero-order valence-corrected chi connectivity index (χ0v) is 13.2. The van der Waals surface area contributed by atoms with E-state index in [9.17, 15) is 8.42 Å². The predicted molar refractivity (Wildman–Crippen MR) is 88.4 cm³/mol. The zero-order chi connectivity index (χ0) is 16.3. The Morgan fingerprint density at radius 2 is 1.96 bits per heavy atom. The summed E-state index contributed by atoms with van der Waals surface area (Å²) in [5.41, 5.74) is 2.04. The van der Waals surface area contributed by atoms with Crippen molar-refractivity contribution in [3.8, 4) is 0 Å². The Hall–Kier alpha value is -2.45. The van der Waals surface area contributed by atoms with Gasteiger partial charge in [-0.05, 0) is 30.7 Å². The number of pyridine rings is 1. The van der Waals surface area contributed by atoms with E-state index in [1.54, 1.807) is 12.4 Å². The maximum Gasteiger partial charge on any atom is 0.241 e. The maximum atomic E-state index is 11.5. The second-order valence-corrected chi connectivity index (χ2v) is 6.63. The van der Waals surface area contributed by atoms with Crippen LogP contribution in [-0.2, 0) is 16.6 Å². The fraction of sp³-hybridized carbons (Fsp3) is 0.200. The van der Waals surface area contributed by atoms with Crippen molar-refractivity contribution in [1.82, 2.24) is 14.5 Å². The number of anilines is 1. The number of hydrogen-bond donors (Lipinski definition) is 2. The van der Waals surface area contributed by atoms with Crippen molar-refractivity contribution in [2.45, 2.75) is 17.9 Å². The van der Waals surface area contributed by atoms with Crippen LogP contribution in [0.3, 0.4) is 0 Å². The normalized spacial score (nSPS) is 11.7. The lowest BCUT2D eigenvalue weighted by Crippen LogP contribution is -2.16. The van der Waals surface area contributed by atoms with E-state index in [-0.39, 0.29) is 10.7 Å². The molecule has 0 aliphatic carbocycles. The molecule has 3 aromatic rings. The molecule has 8 heteroatoms. The molecule has 3 N–H and O–H groups in total. The molecule has 23 heavy (non-hydrogen) atoms. The van der Waals surface area contributed by atoms with Gasteiger partial charge in [-0.2, -0.15) is 0 Å². The van der Waals surface area contributed by atoms with Gasteiger partial charge in [0.1, 0.15) is 10.7 Å². The van der Waals surface area contributed by atoms with Crippen molar-refractivity contribution in [2.24, 2.45) is 5.14 Å². The third-order valence-electron chi connectivity index (χ3n) is 3.47. The van der Waals surface area contributed by atoms with Gasteiger partial charge >= 0.3 is 0 Å². The first-order valence-electron chi connectivity index (χ1n) is 7.17. The van der Waals surface area contributed by atoms with Gasteiger partial charge in [0.25, 0.3) is 0 Å². The third kappa shape index (κ3) is 3.49. The minimum absolute atomic E-state index is 0.00748. The van der Waals surface area contributed by atoms with Crippen LogP contribution in [0, 0.1) is 0 Å². The highest BCUT2D eigenvalue weighted by Gasteiger charge is 2.13. The van der Waals surface area contributed by atoms with E-state index in [1.165, 1.54) is 12.3 Å². The van der Waals surface area contributed by atoms with Gasteiger partial charge in [0, 0.05) is 19.3 Å². The smallest absolute Gasteiger partial charge is 0.241 e. The van der Waals surface area contributed by atoms with Crippen LogP contribution in [0.15, 0.2) is 53.8 Å². The van der Waals surface area contributed by atoms with Crippen LogP contribution >= 0.6 is 0 Å². The lowest BCUT2D eigenvalue weighted by Gasteiger charge is -2.09. The van der Waals surface area contributed by atoms with E-state index in [0.717, 1.165) is 24.0 Å². The Morgan fingerprint density at radius 3 is 2.78 bits per heavy atom. The van der Waals surface area contributed by atoms with Crippen LogP contribution in [0.25, 0.3) is 11.0 Å². The average molecular weight is 331 g/mol. The Morgan fingerprint density at radius 1 is 1.13 bits per heavy atom. The molecule has 2 heterocycles. The fourth-order valence-electron chi connectivity index (χ4n) is 2.40. The Bertz CT molecular complexity index is 920. The Balaban J connectivity index is 1.63. The van der Waals surface area contributed by atoms with Crippen LogP contribution in [0.5, 0.6) is 0 Å². The molecule has 0 atom stereocenters. The monoisotopic (exact) mass is 331 g/mol. The second kappa shape index (κ2) is 6.35. The zero-order valence-electron chi connectivity index (χ0n) is 12.4. The van der Waals surface area contributed by atoms with Gasteiger partial charge in [0.05, 0.1) is 17.4 Å². The SMILES string of the molecule is NS(=O)(=O)c1cccnc1NCCCn1cnc2ccccc21. The fourth-order valence-corrected chi connectivity index (χ4v) is 3.06. The minimum Gasteiger partial charge on any atom is -0.369 e. The molecule has 120 valence electrons. The van der Waals surface area contributed by atoms with Gasteiger partial charge < -0.3 is 9.88 Å². The van der Waals surface area contributed by atoms with E-state index >= 15 is 0 Å². The molecule has 2 aromatic heterocycles. The maximum absolute atomic E-state index is 11.5. The van der Waals surface area contributed by atoms with Crippen LogP contribution in [0.1, 0.15) is 6.42 Å². The summed E-state index contributed by atoms with van der Waals surface area (Å²) in [7, 11) is -3.78. The highest BCUT2D eigenvalue weighted by molar-refractivity contribution is 7.89. The van der Waals surface area contributed by atoms with Crippen molar-refractivity contribution >= 4 is 26.9 Å². The van der Waals surface area contributed by atoms with Gasteiger partial charge in [-0.3, -0.25) is 0 Å². The van der Waals surface area contributed by atoms with E-state index < -0.39 is 10.0 Å². The quantitative estimate of drug-likeness (QED) is 0.668. The molecule has 0 fully saturated rings. The molecular weight excluding hydrogens is 314 g/mol. The third-order valence-corrected chi connectivity index (χ3v) is 4.42. The number of fused-ring (bicyclic) bond motifs is 1. The Kier molecular flexibility index (Phi) is 4.26. The number of primary sulfonamides is 1. The summed E-state index contributed by atoms with van der Waals surface area (Å²) in [5, 5.41) is 8.21. The molecule has 0 unspecified atom stereocenters. The van der Waals surface area contributed by atoms with Crippen molar-refractivity contribution in [2.75, 3.05) is 11.9 Å². The number of hydrogen-bond acceptors (Lipinski definition) is 5. The molecule has 0 aliphatic rings. The van der Waals surface area contributed by atoms with Crippen LogP contribution in [0.2, 0.25) is 0 Å². The van der Waals surface area contributed by atoms with Crippen molar-refractivity contribution in [3.05, 3.63) is 48.9 Å². The number of aromatic nitrogens is 3. The number of benzene rings is 1. The molecule has 0 aliphatic heterocycles. The summed E-state index contributed by atoms with van der Waals surface area (Å²) in [6.07, 6.45) is 4.13. The molecule has 1 aromatic carbocycles. The first kappa shape index (κ1) is 15.4. The molecule has 0 radical (unpaired) electrons. The number of para-hydroxylation sites is 2.